The lowest BCUT2D eigenvalue weighted by Gasteiger charge is -2.25. The van der Waals surface area contributed by atoms with E-state index in [1.54, 1.807) is 19.1 Å². The van der Waals surface area contributed by atoms with Crippen LogP contribution >= 0.6 is 11.3 Å². The summed E-state index contributed by atoms with van der Waals surface area (Å²) in [6, 6.07) is 18.5. The first kappa shape index (κ1) is 28.2. The maximum atomic E-state index is 14.2. The van der Waals surface area contributed by atoms with E-state index in [0.29, 0.717) is 31.7 Å². The molecule has 43 heavy (non-hydrogen) atoms. The van der Waals surface area contributed by atoms with Crippen molar-refractivity contribution in [2.24, 2.45) is 4.99 Å². The van der Waals surface area contributed by atoms with Crippen molar-refractivity contribution in [3.05, 3.63) is 131 Å². The number of benzene rings is 3. The summed E-state index contributed by atoms with van der Waals surface area (Å²) in [6.45, 7) is 3.43. The number of hydrogen-bond donors (Lipinski definition) is 0. The standard InChI is InChI=1S/C32H27FN4O5S/c1-2-42-31(39)27-28(20-8-4-3-5-9-20)34-32-36(29(27)21-10-12-23(33)13-11-21)30(38)26(43-32)19-22-18-24(37(40)41)14-15-25(22)35-16-6-7-17-35/h3-5,8-15,18-19,29H,2,6-7,16-17H2,1H3. The average molecular weight is 599 g/mol. The quantitative estimate of drug-likeness (QED) is 0.175. The lowest BCUT2D eigenvalue weighted by Crippen LogP contribution is -2.40. The minimum Gasteiger partial charge on any atom is -0.463 e. The Morgan fingerprint density at radius 1 is 1.12 bits per heavy atom. The summed E-state index contributed by atoms with van der Waals surface area (Å²) in [5.74, 6) is -1.09. The van der Waals surface area contributed by atoms with Crippen molar-refractivity contribution in [2.75, 3.05) is 24.6 Å². The largest absolute Gasteiger partial charge is 0.463 e. The number of rotatable bonds is 7. The Bertz CT molecular complexity index is 1930. The van der Waals surface area contributed by atoms with Crippen molar-refractivity contribution in [1.82, 2.24) is 4.57 Å². The predicted molar refractivity (Wildman–Crippen MR) is 162 cm³/mol. The van der Waals surface area contributed by atoms with Crippen LogP contribution in [0.5, 0.6) is 0 Å². The Morgan fingerprint density at radius 3 is 2.51 bits per heavy atom. The number of carbonyl (C=O) groups excluding carboxylic acids is 1. The lowest BCUT2D eigenvalue weighted by molar-refractivity contribution is -0.384. The molecule has 1 fully saturated rings. The Hall–Kier alpha value is -4.90. The summed E-state index contributed by atoms with van der Waals surface area (Å²) in [5, 5.41) is 11.6. The number of hydrogen-bond acceptors (Lipinski definition) is 8. The van der Waals surface area contributed by atoms with Crippen molar-refractivity contribution < 1.29 is 18.8 Å². The van der Waals surface area contributed by atoms with E-state index in [9.17, 15) is 24.1 Å². The molecule has 11 heteroatoms. The van der Waals surface area contributed by atoms with Crippen LogP contribution in [0, 0.1) is 15.9 Å². The number of nitrogens with zero attached hydrogens (tertiary/aromatic N) is 4. The van der Waals surface area contributed by atoms with Gasteiger partial charge in [0.1, 0.15) is 5.82 Å². The number of fused-ring (bicyclic) bond motifs is 1. The summed E-state index contributed by atoms with van der Waals surface area (Å²) in [5.41, 5.74) is 2.53. The molecule has 0 aliphatic carbocycles. The molecule has 1 aromatic heterocycles. The van der Waals surface area contributed by atoms with Gasteiger partial charge < -0.3 is 9.64 Å². The van der Waals surface area contributed by atoms with Gasteiger partial charge in [-0.25, -0.2) is 14.2 Å². The summed E-state index contributed by atoms with van der Waals surface area (Å²) < 4.78 is 21.2. The predicted octanol–water partition coefficient (Wildman–Crippen LogP) is 4.58. The van der Waals surface area contributed by atoms with Gasteiger partial charge in [-0.1, -0.05) is 53.8 Å². The highest BCUT2D eigenvalue weighted by Crippen LogP contribution is 2.35. The van der Waals surface area contributed by atoms with Crippen LogP contribution in [-0.2, 0) is 9.53 Å². The van der Waals surface area contributed by atoms with E-state index in [4.69, 9.17) is 9.73 Å². The number of aromatic nitrogens is 1. The molecule has 4 aromatic rings. The number of halogens is 1. The van der Waals surface area contributed by atoms with Gasteiger partial charge >= 0.3 is 5.97 Å². The van der Waals surface area contributed by atoms with Crippen LogP contribution < -0.4 is 19.8 Å². The second kappa shape index (κ2) is 11.8. The fourth-order valence-electron chi connectivity index (χ4n) is 5.56. The average Bonchev–Trinajstić information content (AvgIpc) is 3.65. The Balaban J connectivity index is 1.63. The van der Waals surface area contributed by atoms with Gasteiger partial charge in [0.2, 0.25) is 0 Å². The van der Waals surface area contributed by atoms with Gasteiger partial charge in [0.25, 0.3) is 11.2 Å². The fraction of sp³-hybridized carbons (Fsp3) is 0.219. The fourth-order valence-corrected chi connectivity index (χ4v) is 6.55. The first-order valence-corrected chi connectivity index (χ1v) is 14.7. The van der Waals surface area contributed by atoms with Crippen molar-refractivity contribution in [1.29, 1.82) is 0 Å². The van der Waals surface area contributed by atoms with Gasteiger partial charge in [-0.2, -0.15) is 0 Å². The van der Waals surface area contributed by atoms with E-state index in [1.165, 1.54) is 41.0 Å². The number of nitro groups is 1. The summed E-state index contributed by atoms with van der Waals surface area (Å²) in [7, 11) is 0. The second-order valence-electron chi connectivity index (χ2n) is 10.2. The first-order chi connectivity index (χ1) is 20.9. The minimum atomic E-state index is -0.948. The van der Waals surface area contributed by atoms with Crippen LogP contribution in [-0.4, -0.2) is 35.2 Å². The van der Waals surface area contributed by atoms with Crippen LogP contribution in [0.2, 0.25) is 0 Å². The maximum Gasteiger partial charge on any atom is 0.338 e. The molecule has 1 unspecified atom stereocenters. The van der Waals surface area contributed by atoms with Gasteiger partial charge in [-0.15, -0.1) is 0 Å². The van der Waals surface area contributed by atoms with E-state index in [0.717, 1.165) is 43.0 Å². The molecule has 3 heterocycles. The molecule has 0 saturated carbocycles. The highest BCUT2D eigenvalue weighted by atomic mass is 32.1. The number of anilines is 1. The normalized spacial score (nSPS) is 16.7. The highest BCUT2D eigenvalue weighted by Gasteiger charge is 2.35. The number of ether oxygens (including phenoxy) is 1. The molecule has 0 N–H and O–H groups in total. The zero-order valence-corrected chi connectivity index (χ0v) is 24.1. The van der Waals surface area contributed by atoms with Crippen molar-refractivity contribution in [2.45, 2.75) is 25.8 Å². The third kappa shape index (κ3) is 5.39. The zero-order valence-electron chi connectivity index (χ0n) is 23.2. The van der Waals surface area contributed by atoms with Crippen LogP contribution in [0.3, 0.4) is 0 Å². The highest BCUT2D eigenvalue weighted by molar-refractivity contribution is 7.07. The molecule has 9 nitrogen and oxygen atoms in total. The second-order valence-corrected chi connectivity index (χ2v) is 11.2. The minimum absolute atomic E-state index is 0.0814. The number of thiazole rings is 1. The number of esters is 1. The number of carbonyl (C=O) groups is 1. The van der Waals surface area contributed by atoms with E-state index in [1.807, 2.05) is 30.3 Å². The molecular weight excluding hydrogens is 571 g/mol. The molecule has 0 bridgehead atoms. The van der Waals surface area contributed by atoms with Crippen molar-refractivity contribution in [3.63, 3.8) is 0 Å². The molecule has 0 spiro atoms. The molecule has 218 valence electrons. The van der Waals surface area contributed by atoms with E-state index >= 15 is 0 Å². The summed E-state index contributed by atoms with van der Waals surface area (Å²) in [6.07, 6.45) is 3.67. The Morgan fingerprint density at radius 2 is 1.84 bits per heavy atom. The monoisotopic (exact) mass is 598 g/mol. The van der Waals surface area contributed by atoms with Gasteiger partial charge in [0, 0.05) is 42.0 Å². The molecule has 1 atom stereocenters. The summed E-state index contributed by atoms with van der Waals surface area (Å²) in [4.78, 5) is 46.2. The Labute approximate surface area is 249 Å². The van der Waals surface area contributed by atoms with Crippen LogP contribution in [0.4, 0.5) is 15.8 Å². The molecule has 6 rings (SSSR count). The third-order valence-corrected chi connectivity index (χ3v) is 8.50. The number of non-ortho nitro benzene ring substituents is 1. The van der Waals surface area contributed by atoms with Crippen molar-refractivity contribution >= 4 is 40.5 Å². The molecule has 0 radical (unpaired) electrons. The van der Waals surface area contributed by atoms with E-state index in [-0.39, 0.29) is 17.9 Å². The van der Waals surface area contributed by atoms with Crippen molar-refractivity contribution in [3.8, 4) is 0 Å². The first-order valence-electron chi connectivity index (χ1n) is 13.9. The molecule has 2 aliphatic heterocycles. The SMILES string of the molecule is CCOC(=O)C1=C(c2ccccc2)N=c2sc(=Cc3cc([N+](=O)[O-])ccc3N3CCCC3)c(=O)n2C1c1ccc(F)cc1. The molecule has 1 saturated heterocycles. The Kier molecular flexibility index (Phi) is 7.73. The van der Waals surface area contributed by atoms with E-state index in [2.05, 4.69) is 4.90 Å². The van der Waals surface area contributed by atoms with Crippen LogP contribution in [0.1, 0.15) is 42.5 Å². The van der Waals surface area contributed by atoms with Gasteiger partial charge in [-0.05, 0) is 49.6 Å². The van der Waals surface area contributed by atoms with Crippen LogP contribution in [0.25, 0.3) is 11.8 Å². The van der Waals surface area contributed by atoms with Gasteiger partial charge in [0.15, 0.2) is 4.80 Å². The maximum absolute atomic E-state index is 14.2. The topological polar surface area (TPSA) is 107 Å². The number of nitro benzene ring substituents is 1. The molecular formula is C32H27FN4O5S. The summed E-state index contributed by atoms with van der Waals surface area (Å²) >= 11 is 1.13. The molecule has 0 amide bonds. The van der Waals surface area contributed by atoms with Gasteiger partial charge in [0.05, 0.1) is 33.4 Å². The lowest BCUT2D eigenvalue weighted by atomic mass is 9.93. The van der Waals surface area contributed by atoms with E-state index < -0.39 is 28.3 Å². The van der Waals surface area contributed by atoms with Gasteiger partial charge in [-0.3, -0.25) is 19.5 Å². The zero-order chi connectivity index (χ0) is 30.1. The smallest absolute Gasteiger partial charge is 0.338 e. The molecule has 2 aliphatic rings. The third-order valence-electron chi connectivity index (χ3n) is 7.51. The molecule has 3 aromatic carbocycles. The van der Waals surface area contributed by atoms with Crippen LogP contribution in [0.15, 0.2) is 88.2 Å².